The molecule has 0 spiro atoms. The van der Waals surface area contributed by atoms with Gasteiger partial charge >= 0.3 is 5.97 Å². The molecular formula is C12H19NO2. The fourth-order valence-corrected chi connectivity index (χ4v) is 1.10. The number of esters is 1. The third kappa shape index (κ3) is 5.18. The van der Waals surface area contributed by atoms with Crippen molar-refractivity contribution in [3.8, 4) is 0 Å². The second-order valence-corrected chi connectivity index (χ2v) is 2.82. The first-order valence-electron chi connectivity index (χ1n) is 5.11. The highest BCUT2D eigenvalue weighted by Gasteiger charge is 2.13. The third-order valence-corrected chi connectivity index (χ3v) is 1.80. The van der Waals surface area contributed by atoms with Crippen molar-refractivity contribution in [2.45, 2.75) is 26.3 Å². The van der Waals surface area contributed by atoms with Crippen LogP contribution in [0.4, 0.5) is 0 Å². The molecule has 15 heavy (non-hydrogen) atoms. The summed E-state index contributed by atoms with van der Waals surface area (Å²) in [6.45, 7) is 4.00. The van der Waals surface area contributed by atoms with Gasteiger partial charge < -0.3 is 10.5 Å². The Morgan fingerprint density at radius 1 is 1.33 bits per heavy atom. The van der Waals surface area contributed by atoms with E-state index in [9.17, 15) is 4.79 Å². The number of rotatable bonds is 3. The summed E-state index contributed by atoms with van der Waals surface area (Å²) < 4.78 is 4.52. The van der Waals surface area contributed by atoms with E-state index < -0.39 is 6.04 Å². The van der Waals surface area contributed by atoms with Crippen LogP contribution in [0.1, 0.15) is 19.4 Å². The molecule has 0 bridgehead atoms. The SMILES string of the molecule is CC.COC(=O)C(N)Cc1ccccc1. The fourth-order valence-electron chi connectivity index (χ4n) is 1.10. The zero-order chi connectivity index (χ0) is 11.7. The van der Waals surface area contributed by atoms with Crippen molar-refractivity contribution in [3.63, 3.8) is 0 Å². The lowest BCUT2D eigenvalue weighted by molar-refractivity contribution is -0.142. The van der Waals surface area contributed by atoms with Gasteiger partial charge in [0.05, 0.1) is 7.11 Å². The summed E-state index contributed by atoms with van der Waals surface area (Å²) in [5.74, 6) is -0.371. The van der Waals surface area contributed by atoms with E-state index >= 15 is 0 Å². The first-order valence-corrected chi connectivity index (χ1v) is 5.11. The topological polar surface area (TPSA) is 52.3 Å². The Labute approximate surface area is 91.2 Å². The Morgan fingerprint density at radius 3 is 2.33 bits per heavy atom. The standard InChI is InChI=1S/C10H13NO2.C2H6/c1-13-10(12)9(11)7-8-5-3-2-4-6-8;1-2/h2-6,9H,7,11H2,1H3;1-2H3. The predicted molar refractivity (Wildman–Crippen MR) is 61.5 cm³/mol. The highest BCUT2D eigenvalue weighted by atomic mass is 16.5. The van der Waals surface area contributed by atoms with E-state index in [0.717, 1.165) is 5.56 Å². The Hall–Kier alpha value is -1.35. The number of nitrogens with two attached hydrogens (primary N) is 1. The molecule has 0 fully saturated rings. The molecule has 1 rings (SSSR count). The maximum absolute atomic E-state index is 11.0. The molecule has 0 amide bonds. The molecule has 1 unspecified atom stereocenters. The Kier molecular flexibility index (Phi) is 7.28. The van der Waals surface area contributed by atoms with Crippen LogP contribution in [0, 0.1) is 0 Å². The second kappa shape index (κ2) is 8.00. The van der Waals surface area contributed by atoms with Crippen LogP contribution >= 0.6 is 0 Å². The summed E-state index contributed by atoms with van der Waals surface area (Å²) >= 11 is 0. The van der Waals surface area contributed by atoms with Crippen LogP contribution in [0.5, 0.6) is 0 Å². The minimum absolute atomic E-state index is 0.371. The lowest BCUT2D eigenvalue weighted by Crippen LogP contribution is -2.33. The molecule has 0 aliphatic carbocycles. The van der Waals surface area contributed by atoms with Gasteiger partial charge in [0.15, 0.2) is 0 Å². The summed E-state index contributed by atoms with van der Waals surface area (Å²) in [4.78, 5) is 11.0. The van der Waals surface area contributed by atoms with E-state index in [-0.39, 0.29) is 5.97 Å². The van der Waals surface area contributed by atoms with Crippen molar-refractivity contribution in [1.82, 2.24) is 0 Å². The number of carbonyl (C=O) groups is 1. The van der Waals surface area contributed by atoms with Crippen LogP contribution in [0.25, 0.3) is 0 Å². The Morgan fingerprint density at radius 2 is 1.87 bits per heavy atom. The van der Waals surface area contributed by atoms with Crippen molar-refractivity contribution in [2.24, 2.45) is 5.73 Å². The zero-order valence-electron chi connectivity index (χ0n) is 9.57. The molecule has 0 saturated carbocycles. The number of methoxy groups -OCH3 is 1. The summed E-state index contributed by atoms with van der Waals surface area (Å²) in [7, 11) is 1.34. The largest absolute Gasteiger partial charge is 0.468 e. The molecular weight excluding hydrogens is 190 g/mol. The molecule has 0 radical (unpaired) electrons. The van der Waals surface area contributed by atoms with E-state index in [1.807, 2.05) is 44.2 Å². The summed E-state index contributed by atoms with van der Waals surface area (Å²) in [6.07, 6.45) is 0.521. The summed E-state index contributed by atoms with van der Waals surface area (Å²) in [5.41, 5.74) is 6.63. The number of benzene rings is 1. The Bertz CT molecular complexity index is 272. The van der Waals surface area contributed by atoms with Gasteiger partial charge in [-0.05, 0) is 12.0 Å². The van der Waals surface area contributed by atoms with E-state index in [2.05, 4.69) is 4.74 Å². The average molecular weight is 209 g/mol. The lowest BCUT2D eigenvalue weighted by Gasteiger charge is -2.08. The summed E-state index contributed by atoms with van der Waals surface area (Å²) in [5, 5.41) is 0. The van der Waals surface area contributed by atoms with Crippen LogP contribution in [0.2, 0.25) is 0 Å². The third-order valence-electron chi connectivity index (χ3n) is 1.80. The summed E-state index contributed by atoms with van der Waals surface area (Å²) in [6, 6.07) is 9.06. The molecule has 0 heterocycles. The molecule has 0 aliphatic heterocycles. The van der Waals surface area contributed by atoms with Crippen molar-refractivity contribution in [3.05, 3.63) is 35.9 Å². The van der Waals surface area contributed by atoms with Crippen LogP contribution in [0.15, 0.2) is 30.3 Å². The normalized spacial score (nSPS) is 10.9. The van der Waals surface area contributed by atoms with Gasteiger partial charge in [-0.15, -0.1) is 0 Å². The van der Waals surface area contributed by atoms with Gasteiger partial charge in [-0.2, -0.15) is 0 Å². The highest BCUT2D eigenvalue weighted by Crippen LogP contribution is 2.02. The van der Waals surface area contributed by atoms with Gasteiger partial charge in [-0.3, -0.25) is 4.79 Å². The predicted octanol–water partition coefficient (Wildman–Crippen LogP) is 1.76. The van der Waals surface area contributed by atoms with Crippen LogP contribution in [-0.4, -0.2) is 19.1 Å². The van der Waals surface area contributed by atoms with Gasteiger partial charge in [0.1, 0.15) is 6.04 Å². The quantitative estimate of drug-likeness (QED) is 0.772. The molecule has 84 valence electrons. The van der Waals surface area contributed by atoms with Crippen molar-refractivity contribution in [2.75, 3.05) is 7.11 Å². The Balaban J connectivity index is 0.000000921. The smallest absolute Gasteiger partial charge is 0.322 e. The van der Waals surface area contributed by atoms with E-state index in [4.69, 9.17) is 5.73 Å². The van der Waals surface area contributed by atoms with E-state index in [1.54, 1.807) is 0 Å². The molecule has 2 N–H and O–H groups in total. The number of hydrogen-bond acceptors (Lipinski definition) is 3. The first kappa shape index (κ1) is 13.7. The molecule has 1 atom stereocenters. The van der Waals surface area contributed by atoms with Gasteiger partial charge in [0, 0.05) is 0 Å². The van der Waals surface area contributed by atoms with Gasteiger partial charge in [-0.1, -0.05) is 44.2 Å². The molecule has 3 nitrogen and oxygen atoms in total. The van der Waals surface area contributed by atoms with Crippen LogP contribution in [-0.2, 0) is 16.0 Å². The molecule has 1 aromatic carbocycles. The minimum atomic E-state index is -0.563. The molecule has 1 aromatic rings. The van der Waals surface area contributed by atoms with Gasteiger partial charge in [0.25, 0.3) is 0 Å². The number of ether oxygens (including phenoxy) is 1. The molecule has 0 aliphatic rings. The van der Waals surface area contributed by atoms with Crippen LogP contribution < -0.4 is 5.73 Å². The lowest BCUT2D eigenvalue weighted by atomic mass is 10.1. The first-order chi connectivity index (χ1) is 7.24. The van der Waals surface area contributed by atoms with E-state index in [1.165, 1.54) is 7.11 Å². The van der Waals surface area contributed by atoms with Gasteiger partial charge in [0.2, 0.25) is 0 Å². The fraction of sp³-hybridized carbons (Fsp3) is 0.417. The number of carbonyl (C=O) groups excluding carboxylic acids is 1. The minimum Gasteiger partial charge on any atom is -0.468 e. The van der Waals surface area contributed by atoms with Crippen LogP contribution in [0.3, 0.4) is 0 Å². The molecule has 0 saturated heterocycles. The van der Waals surface area contributed by atoms with Crippen molar-refractivity contribution in [1.29, 1.82) is 0 Å². The average Bonchev–Trinajstić information content (AvgIpc) is 2.32. The maximum Gasteiger partial charge on any atom is 0.322 e. The monoisotopic (exact) mass is 209 g/mol. The molecule has 0 aromatic heterocycles. The number of hydrogen-bond donors (Lipinski definition) is 1. The second-order valence-electron chi connectivity index (χ2n) is 2.82. The maximum atomic E-state index is 11.0. The van der Waals surface area contributed by atoms with E-state index in [0.29, 0.717) is 6.42 Å². The molecule has 3 heteroatoms. The van der Waals surface area contributed by atoms with Gasteiger partial charge in [-0.25, -0.2) is 0 Å². The zero-order valence-corrected chi connectivity index (χ0v) is 9.57. The highest BCUT2D eigenvalue weighted by molar-refractivity contribution is 5.75. The van der Waals surface area contributed by atoms with Crippen molar-refractivity contribution < 1.29 is 9.53 Å². The van der Waals surface area contributed by atoms with Crippen molar-refractivity contribution >= 4 is 5.97 Å².